The minimum absolute atomic E-state index is 0.579. The van der Waals surface area contributed by atoms with Crippen molar-refractivity contribution in [3.05, 3.63) is 11.6 Å². The van der Waals surface area contributed by atoms with Gasteiger partial charge in [0.1, 0.15) is 0 Å². The molecule has 0 unspecified atom stereocenters. The van der Waals surface area contributed by atoms with Crippen molar-refractivity contribution in [3.8, 4) is 0 Å². The molecule has 0 aromatic carbocycles. The molecule has 22 heavy (non-hydrogen) atoms. The van der Waals surface area contributed by atoms with E-state index in [-0.39, 0.29) is 0 Å². The minimum Gasteiger partial charge on any atom is -0.0928 e. The Bertz CT molecular complexity index is 467. The molecule has 124 valence electrons. The van der Waals surface area contributed by atoms with Gasteiger partial charge >= 0.3 is 0 Å². The summed E-state index contributed by atoms with van der Waals surface area (Å²) in [5, 5.41) is 1.21. The van der Waals surface area contributed by atoms with Gasteiger partial charge in [0.25, 0.3) is 0 Å². The molecule has 0 aromatic heterocycles. The number of fused-ring (bicyclic) bond motifs is 5. The highest BCUT2D eigenvalue weighted by Gasteiger charge is 2.58. The first kappa shape index (κ1) is 15.7. The van der Waals surface area contributed by atoms with E-state index in [1.165, 1.54) is 69.5 Å². The van der Waals surface area contributed by atoms with E-state index in [9.17, 15) is 0 Å². The van der Waals surface area contributed by atoms with Crippen LogP contribution in [0.2, 0.25) is 0 Å². The Morgan fingerprint density at radius 2 is 1.95 bits per heavy atom. The summed E-state index contributed by atoms with van der Waals surface area (Å²) in [6, 6.07) is 0. The molecule has 0 saturated heterocycles. The van der Waals surface area contributed by atoms with Crippen LogP contribution in [-0.4, -0.2) is 5.33 Å². The molecule has 3 fully saturated rings. The van der Waals surface area contributed by atoms with Crippen molar-refractivity contribution < 1.29 is 0 Å². The van der Waals surface area contributed by atoms with E-state index in [0.717, 1.165) is 23.7 Å². The summed E-state index contributed by atoms with van der Waals surface area (Å²) in [4.78, 5) is 0. The van der Waals surface area contributed by atoms with Gasteiger partial charge in [-0.25, -0.2) is 0 Å². The number of allylic oxidation sites excluding steroid dienone is 2. The summed E-state index contributed by atoms with van der Waals surface area (Å²) >= 11 is 3.72. The van der Waals surface area contributed by atoms with E-state index in [1.807, 2.05) is 5.57 Å². The van der Waals surface area contributed by atoms with Gasteiger partial charge in [0.15, 0.2) is 0 Å². The monoisotopic (exact) mass is 364 g/mol. The number of hydrogen-bond donors (Lipinski definition) is 0. The van der Waals surface area contributed by atoms with Crippen molar-refractivity contribution in [2.45, 2.75) is 78.1 Å². The van der Waals surface area contributed by atoms with E-state index in [1.54, 1.807) is 0 Å². The van der Waals surface area contributed by atoms with Crippen LogP contribution in [0.4, 0.5) is 0 Å². The summed E-state index contributed by atoms with van der Waals surface area (Å²) in [5.74, 6) is 4.08. The van der Waals surface area contributed by atoms with E-state index < -0.39 is 0 Å². The molecule has 4 aliphatic carbocycles. The van der Waals surface area contributed by atoms with Crippen molar-refractivity contribution in [2.24, 2.45) is 34.5 Å². The molecule has 0 radical (unpaired) electrons. The maximum Gasteiger partial charge on any atom is 0.00341 e. The van der Waals surface area contributed by atoms with Crippen molar-refractivity contribution >= 4 is 15.9 Å². The Balaban J connectivity index is 1.62. The molecular weight excluding hydrogens is 332 g/mol. The lowest BCUT2D eigenvalue weighted by Crippen LogP contribution is -2.50. The molecule has 0 aromatic rings. The Hall–Kier alpha value is 0.220. The molecule has 0 bridgehead atoms. The van der Waals surface area contributed by atoms with Gasteiger partial charge in [-0.1, -0.05) is 41.4 Å². The first-order chi connectivity index (χ1) is 10.6. The van der Waals surface area contributed by atoms with Gasteiger partial charge in [-0.15, -0.1) is 0 Å². The Morgan fingerprint density at radius 1 is 1.09 bits per heavy atom. The zero-order valence-corrected chi connectivity index (χ0v) is 16.1. The average Bonchev–Trinajstić information content (AvgIpc) is 2.84. The molecule has 0 amide bonds. The lowest BCUT2D eigenvalue weighted by molar-refractivity contribution is -0.0513. The molecule has 4 rings (SSSR count). The van der Waals surface area contributed by atoms with E-state index >= 15 is 0 Å². The zero-order chi connectivity index (χ0) is 15.4. The maximum atomic E-state index is 3.72. The molecular formula is C21H33Br. The van der Waals surface area contributed by atoms with E-state index in [0.29, 0.717) is 10.8 Å². The Labute approximate surface area is 145 Å². The van der Waals surface area contributed by atoms with Crippen LogP contribution in [0.25, 0.3) is 0 Å². The van der Waals surface area contributed by atoms with E-state index in [4.69, 9.17) is 0 Å². The summed E-state index contributed by atoms with van der Waals surface area (Å²) in [6.07, 6.45) is 17.3. The molecule has 6 atom stereocenters. The van der Waals surface area contributed by atoms with Gasteiger partial charge < -0.3 is 0 Å². The van der Waals surface area contributed by atoms with Crippen LogP contribution in [0.15, 0.2) is 11.6 Å². The third kappa shape index (κ3) is 2.13. The second-order valence-electron chi connectivity index (χ2n) is 9.25. The molecule has 0 spiro atoms. The summed E-state index contributed by atoms with van der Waals surface area (Å²) < 4.78 is 0. The predicted octanol–water partition coefficient (Wildman–Crippen LogP) is 6.74. The zero-order valence-electron chi connectivity index (χ0n) is 14.5. The number of rotatable bonds is 2. The fraction of sp³-hybridized carbons (Fsp3) is 0.905. The SMILES string of the molecule is C[C@]12CC[C@H]3[C@@H](CCC4=CCCC[C@@]43C)[C@@H]1CC[C@@H]2CCBr. The Morgan fingerprint density at radius 3 is 2.77 bits per heavy atom. The van der Waals surface area contributed by atoms with E-state index in [2.05, 4.69) is 35.9 Å². The van der Waals surface area contributed by atoms with Gasteiger partial charge in [-0.2, -0.15) is 0 Å². The van der Waals surface area contributed by atoms with Gasteiger partial charge in [0.05, 0.1) is 0 Å². The van der Waals surface area contributed by atoms with Crippen LogP contribution in [0.1, 0.15) is 78.1 Å². The third-order valence-corrected chi connectivity index (χ3v) is 9.14. The molecule has 0 N–H and O–H groups in total. The molecule has 0 nitrogen and oxygen atoms in total. The summed E-state index contributed by atoms with van der Waals surface area (Å²) in [5.41, 5.74) is 3.11. The maximum absolute atomic E-state index is 3.72. The van der Waals surface area contributed by atoms with Crippen molar-refractivity contribution in [1.82, 2.24) is 0 Å². The van der Waals surface area contributed by atoms with Crippen LogP contribution in [-0.2, 0) is 0 Å². The quantitative estimate of drug-likeness (QED) is 0.375. The molecule has 1 heteroatoms. The lowest BCUT2D eigenvalue weighted by Gasteiger charge is -2.58. The predicted molar refractivity (Wildman–Crippen MR) is 98.2 cm³/mol. The molecule has 3 saturated carbocycles. The molecule has 0 aliphatic heterocycles. The second kappa shape index (κ2) is 5.64. The number of hydrogen-bond acceptors (Lipinski definition) is 0. The summed E-state index contributed by atoms with van der Waals surface area (Å²) in [6.45, 7) is 5.31. The van der Waals surface area contributed by atoms with Crippen LogP contribution < -0.4 is 0 Å². The summed E-state index contributed by atoms with van der Waals surface area (Å²) in [7, 11) is 0. The van der Waals surface area contributed by atoms with Gasteiger partial charge in [0.2, 0.25) is 0 Å². The number of alkyl halides is 1. The largest absolute Gasteiger partial charge is 0.0928 e. The normalized spacial score (nSPS) is 50.8. The fourth-order valence-corrected chi connectivity index (χ4v) is 8.02. The third-order valence-electron chi connectivity index (χ3n) is 8.68. The van der Waals surface area contributed by atoms with Crippen LogP contribution in [0, 0.1) is 34.5 Å². The molecule has 0 heterocycles. The first-order valence-corrected chi connectivity index (χ1v) is 11.0. The highest BCUT2D eigenvalue weighted by Crippen LogP contribution is 2.67. The highest BCUT2D eigenvalue weighted by atomic mass is 79.9. The topological polar surface area (TPSA) is 0 Å². The first-order valence-electron chi connectivity index (χ1n) is 9.85. The Kier molecular flexibility index (Phi) is 4.03. The number of halogens is 1. The second-order valence-corrected chi connectivity index (χ2v) is 10.0. The van der Waals surface area contributed by atoms with Crippen LogP contribution >= 0.6 is 15.9 Å². The van der Waals surface area contributed by atoms with Crippen molar-refractivity contribution in [1.29, 1.82) is 0 Å². The smallest absolute Gasteiger partial charge is 0.00341 e. The van der Waals surface area contributed by atoms with Gasteiger partial charge in [0, 0.05) is 5.33 Å². The lowest BCUT2D eigenvalue weighted by atomic mass is 9.47. The van der Waals surface area contributed by atoms with Gasteiger partial charge in [-0.05, 0) is 98.7 Å². The van der Waals surface area contributed by atoms with Gasteiger partial charge in [-0.3, -0.25) is 0 Å². The van der Waals surface area contributed by atoms with Crippen LogP contribution in [0.3, 0.4) is 0 Å². The fourth-order valence-electron chi connectivity index (χ4n) is 7.47. The van der Waals surface area contributed by atoms with Crippen LogP contribution in [0.5, 0.6) is 0 Å². The highest BCUT2D eigenvalue weighted by molar-refractivity contribution is 9.09. The standard InChI is InChI=1S/C21H33Br/c1-20-12-4-3-5-15(20)6-8-17-18-9-7-16(11-14-22)21(18,2)13-10-19(17)20/h5,16-19H,3-4,6-14H2,1-2H3/t16-,17+,18+,19+,20+,21-/m1/s1. The average molecular weight is 365 g/mol. The minimum atomic E-state index is 0.579. The van der Waals surface area contributed by atoms with Crippen molar-refractivity contribution in [2.75, 3.05) is 5.33 Å². The van der Waals surface area contributed by atoms with Crippen molar-refractivity contribution in [3.63, 3.8) is 0 Å². The molecule has 4 aliphatic rings.